The third-order valence-electron chi connectivity index (χ3n) is 5.10. The highest BCUT2D eigenvalue weighted by Crippen LogP contribution is 2.29. The van der Waals surface area contributed by atoms with Gasteiger partial charge in [0, 0.05) is 25.8 Å². The maximum absolute atomic E-state index is 13.3. The molecule has 3 aromatic rings. The molecule has 3 N–H and O–H groups in total. The molecule has 11 heteroatoms. The molecule has 0 spiro atoms. The van der Waals surface area contributed by atoms with Crippen LogP contribution in [0, 0.1) is 0 Å². The number of nitrogens with two attached hydrogens (primary N) is 1. The van der Waals surface area contributed by atoms with Crippen LogP contribution >= 0.6 is 0 Å². The molecule has 0 aliphatic rings. The average molecular weight is 476 g/mol. The van der Waals surface area contributed by atoms with Gasteiger partial charge in [-0.25, -0.2) is 4.79 Å². The molecule has 2 aromatic carbocycles. The van der Waals surface area contributed by atoms with Gasteiger partial charge >= 0.3 is 11.9 Å². The average Bonchev–Trinajstić information content (AvgIpc) is 2.80. The van der Waals surface area contributed by atoms with Crippen LogP contribution in [0.15, 0.2) is 64.2 Å². The Hall–Kier alpha value is -3.86. The summed E-state index contributed by atoms with van der Waals surface area (Å²) < 4.78 is 44.9. The number of rotatable bonds is 8. The fourth-order valence-electron chi connectivity index (χ4n) is 3.40. The van der Waals surface area contributed by atoms with Gasteiger partial charge in [-0.05, 0) is 36.2 Å². The van der Waals surface area contributed by atoms with Crippen molar-refractivity contribution in [3.63, 3.8) is 0 Å². The van der Waals surface area contributed by atoms with Crippen LogP contribution < -0.4 is 21.9 Å². The summed E-state index contributed by atoms with van der Waals surface area (Å²) in [5, 5.41) is 0. The first-order chi connectivity index (χ1) is 16.1. The molecule has 0 aliphatic carbocycles. The number of benzene rings is 2. The Kier molecular flexibility index (Phi) is 7.57. The summed E-state index contributed by atoms with van der Waals surface area (Å²) in [6.45, 7) is 0.262. The third-order valence-corrected chi connectivity index (χ3v) is 5.10. The van der Waals surface area contributed by atoms with E-state index in [9.17, 15) is 27.6 Å². The van der Waals surface area contributed by atoms with Gasteiger partial charge < -0.3 is 15.4 Å². The third kappa shape index (κ3) is 5.54. The lowest BCUT2D eigenvalue weighted by Crippen LogP contribution is -2.42. The number of nitrogens with one attached hydrogen (secondary N) is 1. The van der Waals surface area contributed by atoms with Crippen molar-refractivity contribution in [1.29, 1.82) is 0 Å². The number of carbonyl (C=O) groups is 1. The smallest absolute Gasteiger partial charge is 0.385 e. The first-order valence-corrected chi connectivity index (χ1v) is 10.3. The molecule has 1 amide bonds. The zero-order valence-electron chi connectivity index (χ0n) is 18.3. The van der Waals surface area contributed by atoms with E-state index in [1.54, 1.807) is 30.3 Å². The number of hydrogen-bond acceptors (Lipinski definition) is 5. The minimum absolute atomic E-state index is 0.0233. The molecule has 0 saturated heterocycles. The highest BCUT2D eigenvalue weighted by atomic mass is 19.4. The largest absolute Gasteiger partial charge is 0.416 e. The number of aromatic nitrogens is 2. The van der Waals surface area contributed by atoms with E-state index >= 15 is 0 Å². The van der Waals surface area contributed by atoms with Crippen LogP contribution in [0.5, 0.6) is 0 Å². The molecular weight excluding hydrogens is 453 g/mol. The van der Waals surface area contributed by atoms with E-state index in [1.807, 2.05) is 0 Å². The van der Waals surface area contributed by atoms with E-state index in [0.717, 1.165) is 39.3 Å². The van der Waals surface area contributed by atoms with Gasteiger partial charge in [-0.1, -0.05) is 30.3 Å². The van der Waals surface area contributed by atoms with Gasteiger partial charge in [-0.3, -0.25) is 19.1 Å². The fraction of sp³-hybridized carbons (Fsp3) is 0.261. The normalized spacial score (nSPS) is 11.4. The maximum atomic E-state index is 13.3. The fourth-order valence-corrected chi connectivity index (χ4v) is 3.40. The van der Waals surface area contributed by atoms with Crippen molar-refractivity contribution in [3.05, 3.63) is 92.1 Å². The number of nitrogens with zero attached hydrogens (tertiary/aromatic N) is 2. The minimum atomic E-state index is -4.56. The number of anilines is 2. The van der Waals surface area contributed by atoms with Gasteiger partial charge in [0.15, 0.2) is 5.69 Å². The van der Waals surface area contributed by atoms with Crippen molar-refractivity contribution in [2.45, 2.75) is 19.1 Å². The van der Waals surface area contributed by atoms with Crippen LogP contribution in [0.4, 0.5) is 24.7 Å². The minimum Gasteiger partial charge on any atom is -0.385 e. The molecule has 0 aliphatic heterocycles. The Bertz CT molecular complexity index is 1250. The number of halogens is 3. The van der Waals surface area contributed by atoms with Crippen molar-refractivity contribution in [2.24, 2.45) is 0 Å². The predicted molar refractivity (Wildman–Crippen MR) is 121 cm³/mol. The second-order valence-corrected chi connectivity index (χ2v) is 7.44. The SMILES string of the molecule is COCCCN(C(=O)c1ccc(C(F)(F)F)cc1)c1c(N)n(Cc2ccccc2)c(=O)[nH]c1=O. The molecule has 34 heavy (non-hydrogen) atoms. The number of alkyl halides is 3. The van der Waals surface area contributed by atoms with E-state index in [2.05, 4.69) is 4.98 Å². The Labute approximate surface area is 192 Å². The van der Waals surface area contributed by atoms with Crippen molar-refractivity contribution < 1.29 is 22.7 Å². The van der Waals surface area contributed by atoms with Crippen LogP contribution in [-0.4, -0.2) is 35.7 Å². The number of ether oxygens (including phenoxy) is 1. The summed E-state index contributed by atoms with van der Waals surface area (Å²) in [6, 6.07) is 12.5. The second kappa shape index (κ2) is 10.4. The van der Waals surface area contributed by atoms with E-state index < -0.39 is 28.9 Å². The first-order valence-electron chi connectivity index (χ1n) is 10.3. The lowest BCUT2D eigenvalue weighted by atomic mass is 10.1. The monoisotopic (exact) mass is 476 g/mol. The molecule has 1 aromatic heterocycles. The second-order valence-electron chi connectivity index (χ2n) is 7.44. The van der Waals surface area contributed by atoms with Crippen LogP contribution in [0.2, 0.25) is 0 Å². The number of carbonyl (C=O) groups excluding carboxylic acids is 1. The van der Waals surface area contributed by atoms with E-state index in [0.29, 0.717) is 6.42 Å². The van der Waals surface area contributed by atoms with Gasteiger partial charge in [-0.2, -0.15) is 13.2 Å². The molecule has 8 nitrogen and oxygen atoms in total. The summed E-state index contributed by atoms with van der Waals surface area (Å²) in [6.07, 6.45) is -4.26. The number of amides is 1. The molecular formula is C23H23F3N4O4. The van der Waals surface area contributed by atoms with E-state index in [1.165, 1.54) is 7.11 Å². The standard InChI is InChI=1S/C23H23F3N4O4/c1-34-13-5-12-29(21(32)16-8-10-17(11-9-16)23(24,25)26)18-19(27)30(22(33)28-20(18)31)14-15-6-3-2-4-7-15/h2-4,6-11H,5,12-14,27H2,1H3,(H,28,31,33). The van der Waals surface area contributed by atoms with Crippen molar-refractivity contribution >= 4 is 17.4 Å². The highest BCUT2D eigenvalue weighted by Gasteiger charge is 2.31. The summed E-state index contributed by atoms with van der Waals surface area (Å²) in [4.78, 5) is 41.7. The molecule has 0 unspecified atom stereocenters. The molecule has 3 rings (SSSR count). The molecule has 0 bridgehead atoms. The van der Waals surface area contributed by atoms with Crippen LogP contribution in [0.25, 0.3) is 0 Å². The van der Waals surface area contributed by atoms with Crippen LogP contribution in [0.1, 0.15) is 27.9 Å². The Balaban J connectivity index is 2.06. The van der Waals surface area contributed by atoms with Gasteiger partial charge in [-0.15, -0.1) is 0 Å². The van der Waals surface area contributed by atoms with Crippen molar-refractivity contribution in [1.82, 2.24) is 9.55 Å². The van der Waals surface area contributed by atoms with Crippen molar-refractivity contribution in [2.75, 3.05) is 30.9 Å². The van der Waals surface area contributed by atoms with E-state index in [4.69, 9.17) is 10.5 Å². The predicted octanol–water partition coefficient (Wildman–Crippen LogP) is 2.87. The van der Waals surface area contributed by atoms with Gasteiger partial charge in [0.05, 0.1) is 12.1 Å². The van der Waals surface area contributed by atoms with Gasteiger partial charge in [0.1, 0.15) is 5.82 Å². The molecule has 0 fully saturated rings. The van der Waals surface area contributed by atoms with Gasteiger partial charge in [0.25, 0.3) is 11.5 Å². The lowest BCUT2D eigenvalue weighted by molar-refractivity contribution is -0.137. The molecule has 0 saturated carbocycles. The maximum Gasteiger partial charge on any atom is 0.416 e. The summed E-state index contributed by atoms with van der Waals surface area (Å²) in [5.74, 6) is -0.984. The van der Waals surface area contributed by atoms with Crippen molar-refractivity contribution in [3.8, 4) is 0 Å². The molecule has 1 heterocycles. The Morgan fingerprint density at radius 3 is 2.32 bits per heavy atom. The Morgan fingerprint density at radius 1 is 1.09 bits per heavy atom. The topological polar surface area (TPSA) is 110 Å². The zero-order valence-corrected chi connectivity index (χ0v) is 18.3. The summed E-state index contributed by atoms with van der Waals surface area (Å²) >= 11 is 0. The highest BCUT2D eigenvalue weighted by molar-refractivity contribution is 6.07. The molecule has 0 radical (unpaired) electrons. The van der Waals surface area contributed by atoms with Crippen LogP contribution in [-0.2, 0) is 17.5 Å². The molecule has 180 valence electrons. The number of aromatic amines is 1. The number of nitrogen functional groups attached to an aromatic ring is 1. The number of methoxy groups -OCH3 is 1. The quantitative estimate of drug-likeness (QED) is 0.486. The Morgan fingerprint density at radius 2 is 1.74 bits per heavy atom. The summed E-state index contributed by atoms with van der Waals surface area (Å²) in [5.41, 5.74) is 4.04. The molecule has 0 atom stereocenters. The zero-order chi connectivity index (χ0) is 24.9. The van der Waals surface area contributed by atoms with Gasteiger partial charge in [0.2, 0.25) is 0 Å². The summed E-state index contributed by atoms with van der Waals surface area (Å²) in [7, 11) is 1.46. The number of H-pyrrole nitrogens is 1. The van der Waals surface area contributed by atoms with Crippen LogP contribution in [0.3, 0.4) is 0 Å². The first kappa shape index (κ1) is 24.8. The number of hydrogen-bond donors (Lipinski definition) is 2. The lowest BCUT2D eigenvalue weighted by Gasteiger charge is -2.25. The van der Waals surface area contributed by atoms with E-state index in [-0.39, 0.29) is 36.8 Å².